The van der Waals surface area contributed by atoms with Gasteiger partial charge in [-0.2, -0.15) is 5.26 Å². The van der Waals surface area contributed by atoms with Gasteiger partial charge in [-0.1, -0.05) is 19.1 Å². The second-order valence-electron chi connectivity index (χ2n) is 2.83. The van der Waals surface area contributed by atoms with Gasteiger partial charge in [0.2, 0.25) is 0 Å². The molecule has 0 bridgehead atoms. The summed E-state index contributed by atoms with van der Waals surface area (Å²) in [6.45, 7) is 2.15. The number of nitrogens with zero attached hydrogens (tertiary/aromatic N) is 1. The van der Waals surface area contributed by atoms with E-state index in [-0.39, 0.29) is 4.75 Å². The van der Waals surface area contributed by atoms with Crippen molar-refractivity contribution in [3.63, 3.8) is 0 Å². The largest absolute Gasteiger partial charge is 0.197 e. The molecule has 0 amide bonds. The summed E-state index contributed by atoms with van der Waals surface area (Å²) in [5.41, 5.74) is 0. The Bertz CT molecular complexity index is 182. The van der Waals surface area contributed by atoms with Crippen LogP contribution in [0.3, 0.4) is 0 Å². The smallest absolute Gasteiger partial charge is 0.109 e. The lowest BCUT2D eigenvalue weighted by molar-refractivity contribution is 0.791. The summed E-state index contributed by atoms with van der Waals surface area (Å²) in [6.07, 6.45) is 7.27. The number of hydrogen-bond donors (Lipinski definition) is 0. The Morgan fingerprint density at radius 1 is 1.55 bits per heavy atom. The minimum atomic E-state index is -0.101. The molecule has 0 atom stereocenters. The van der Waals surface area contributed by atoms with Crippen molar-refractivity contribution in [1.29, 1.82) is 5.26 Å². The van der Waals surface area contributed by atoms with Crippen molar-refractivity contribution in [2.24, 2.45) is 0 Å². The van der Waals surface area contributed by atoms with Crippen molar-refractivity contribution in [3.05, 3.63) is 12.2 Å². The first-order valence-electron chi connectivity index (χ1n) is 4.03. The fourth-order valence-corrected chi connectivity index (χ4v) is 2.26. The zero-order chi connectivity index (χ0) is 8.16. The van der Waals surface area contributed by atoms with Gasteiger partial charge in [-0.3, -0.25) is 0 Å². The van der Waals surface area contributed by atoms with Gasteiger partial charge in [0.1, 0.15) is 4.75 Å². The van der Waals surface area contributed by atoms with Gasteiger partial charge in [0.25, 0.3) is 0 Å². The van der Waals surface area contributed by atoms with Gasteiger partial charge < -0.3 is 0 Å². The van der Waals surface area contributed by atoms with Crippen LogP contribution in [0.25, 0.3) is 0 Å². The van der Waals surface area contributed by atoms with Gasteiger partial charge in [0.15, 0.2) is 0 Å². The van der Waals surface area contributed by atoms with Crippen LogP contribution in [0.15, 0.2) is 12.2 Å². The molecule has 0 spiro atoms. The van der Waals surface area contributed by atoms with Gasteiger partial charge >= 0.3 is 0 Å². The van der Waals surface area contributed by atoms with Crippen molar-refractivity contribution < 1.29 is 0 Å². The molecule has 0 saturated heterocycles. The quantitative estimate of drug-likeness (QED) is 0.603. The Hall–Kier alpha value is -0.420. The van der Waals surface area contributed by atoms with Crippen LogP contribution in [-0.4, -0.2) is 10.5 Å². The minimum Gasteiger partial charge on any atom is -0.197 e. The van der Waals surface area contributed by atoms with E-state index in [1.807, 2.05) is 11.8 Å². The summed E-state index contributed by atoms with van der Waals surface area (Å²) >= 11 is 1.81. The minimum absolute atomic E-state index is 0.101. The fraction of sp³-hybridized carbons (Fsp3) is 0.667. The van der Waals surface area contributed by atoms with E-state index in [1.165, 1.54) is 0 Å². The van der Waals surface area contributed by atoms with Gasteiger partial charge in [0, 0.05) is 0 Å². The first kappa shape index (κ1) is 8.67. The van der Waals surface area contributed by atoms with Crippen LogP contribution < -0.4 is 0 Å². The summed E-state index contributed by atoms with van der Waals surface area (Å²) in [4.78, 5) is 0. The molecular weight excluding hydrogens is 154 g/mol. The molecule has 1 nitrogen and oxygen atoms in total. The van der Waals surface area contributed by atoms with E-state index in [0.717, 1.165) is 25.0 Å². The SMILES string of the molecule is CCCSC1(C#N)CC=CC1. The van der Waals surface area contributed by atoms with Crippen LogP contribution in [0.2, 0.25) is 0 Å². The first-order chi connectivity index (χ1) is 5.33. The van der Waals surface area contributed by atoms with E-state index in [0.29, 0.717) is 0 Å². The van der Waals surface area contributed by atoms with Crippen molar-refractivity contribution >= 4 is 11.8 Å². The number of nitriles is 1. The van der Waals surface area contributed by atoms with E-state index in [9.17, 15) is 0 Å². The van der Waals surface area contributed by atoms with E-state index >= 15 is 0 Å². The van der Waals surface area contributed by atoms with Crippen LogP contribution >= 0.6 is 11.8 Å². The molecule has 0 N–H and O–H groups in total. The molecule has 0 unspecified atom stereocenters. The second kappa shape index (κ2) is 3.82. The Kier molecular flexibility index (Phi) is 3.02. The highest BCUT2D eigenvalue weighted by atomic mass is 32.2. The maximum absolute atomic E-state index is 8.93. The molecule has 2 heteroatoms. The molecule has 1 aliphatic rings. The van der Waals surface area contributed by atoms with E-state index < -0.39 is 0 Å². The number of allylic oxidation sites excluding steroid dienone is 2. The van der Waals surface area contributed by atoms with Crippen LogP contribution in [0.5, 0.6) is 0 Å². The highest BCUT2D eigenvalue weighted by molar-refractivity contribution is 8.00. The van der Waals surface area contributed by atoms with Crippen LogP contribution in [0.1, 0.15) is 26.2 Å². The molecule has 11 heavy (non-hydrogen) atoms. The molecule has 0 aromatic heterocycles. The molecule has 0 heterocycles. The van der Waals surface area contributed by atoms with Crippen molar-refractivity contribution in [2.75, 3.05) is 5.75 Å². The highest BCUT2D eigenvalue weighted by Crippen LogP contribution is 2.37. The molecular formula is C9H13NS. The fourth-order valence-electron chi connectivity index (χ4n) is 1.17. The maximum atomic E-state index is 8.93. The van der Waals surface area contributed by atoms with Gasteiger partial charge in [-0.05, 0) is 25.0 Å². The topological polar surface area (TPSA) is 23.8 Å². The summed E-state index contributed by atoms with van der Waals surface area (Å²) in [7, 11) is 0. The zero-order valence-corrected chi connectivity index (χ0v) is 7.66. The van der Waals surface area contributed by atoms with Crippen LogP contribution in [0, 0.1) is 11.3 Å². The molecule has 0 fully saturated rings. The van der Waals surface area contributed by atoms with E-state index in [4.69, 9.17) is 5.26 Å². The highest BCUT2D eigenvalue weighted by Gasteiger charge is 2.30. The number of thioether (sulfide) groups is 1. The third-order valence-corrected chi connectivity index (χ3v) is 3.44. The number of rotatable bonds is 3. The lowest BCUT2D eigenvalue weighted by Crippen LogP contribution is -2.17. The summed E-state index contributed by atoms with van der Waals surface area (Å²) < 4.78 is -0.101. The standard InChI is InChI=1S/C9H13NS/c1-2-7-11-9(8-10)5-3-4-6-9/h3-4H,2,5-7H2,1H3. The third-order valence-electron chi connectivity index (χ3n) is 1.85. The summed E-state index contributed by atoms with van der Waals surface area (Å²) in [5, 5.41) is 8.93. The third kappa shape index (κ3) is 2.00. The Labute approximate surface area is 72.5 Å². The predicted molar refractivity (Wildman–Crippen MR) is 49.5 cm³/mol. The van der Waals surface area contributed by atoms with Gasteiger partial charge in [-0.15, -0.1) is 11.8 Å². The average Bonchev–Trinajstić information content (AvgIpc) is 2.50. The maximum Gasteiger partial charge on any atom is 0.109 e. The van der Waals surface area contributed by atoms with Crippen LogP contribution in [0.4, 0.5) is 0 Å². The first-order valence-corrected chi connectivity index (χ1v) is 5.02. The summed E-state index contributed by atoms with van der Waals surface area (Å²) in [6, 6.07) is 2.41. The molecule has 0 aromatic rings. The summed E-state index contributed by atoms with van der Waals surface area (Å²) in [5.74, 6) is 1.11. The average molecular weight is 167 g/mol. The number of hydrogen-bond acceptors (Lipinski definition) is 2. The Morgan fingerprint density at radius 3 is 2.64 bits per heavy atom. The lowest BCUT2D eigenvalue weighted by atomic mass is 10.1. The van der Waals surface area contributed by atoms with Crippen LogP contribution in [-0.2, 0) is 0 Å². The van der Waals surface area contributed by atoms with E-state index in [2.05, 4.69) is 25.1 Å². The van der Waals surface area contributed by atoms with Gasteiger partial charge in [-0.25, -0.2) is 0 Å². The van der Waals surface area contributed by atoms with Crippen molar-refractivity contribution in [1.82, 2.24) is 0 Å². The lowest BCUT2D eigenvalue weighted by Gasteiger charge is -2.18. The Balaban J connectivity index is 2.43. The Morgan fingerprint density at radius 2 is 2.18 bits per heavy atom. The molecule has 0 saturated carbocycles. The monoisotopic (exact) mass is 167 g/mol. The van der Waals surface area contributed by atoms with E-state index in [1.54, 1.807) is 0 Å². The molecule has 1 rings (SSSR count). The molecule has 60 valence electrons. The molecule has 0 aromatic carbocycles. The molecule has 0 radical (unpaired) electrons. The van der Waals surface area contributed by atoms with Crippen molar-refractivity contribution in [2.45, 2.75) is 30.9 Å². The van der Waals surface area contributed by atoms with Crippen molar-refractivity contribution in [3.8, 4) is 6.07 Å². The molecule has 1 aliphatic carbocycles. The zero-order valence-electron chi connectivity index (χ0n) is 6.84. The second-order valence-corrected chi connectivity index (χ2v) is 4.31. The normalized spacial score (nSPS) is 20.0. The van der Waals surface area contributed by atoms with Gasteiger partial charge in [0.05, 0.1) is 6.07 Å². The molecule has 0 aliphatic heterocycles. The predicted octanol–water partition coefficient (Wildman–Crippen LogP) is 2.74.